The third kappa shape index (κ3) is 1.32. The fraction of sp³-hybridized carbons (Fsp3) is 0.750. The van der Waals surface area contributed by atoms with Gasteiger partial charge in [-0.3, -0.25) is 0 Å². The van der Waals surface area contributed by atoms with E-state index in [2.05, 4.69) is 37.3 Å². The van der Waals surface area contributed by atoms with Gasteiger partial charge in [-0.05, 0) is 19.4 Å². The minimum absolute atomic E-state index is 0.569. The Kier molecular flexibility index (Phi) is 2.33. The van der Waals surface area contributed by atoms with Crippen LogP contribution in [-0.4, -0.2) is 17.6 Å². The van der Waals surface area contributed by atoms with Crippen LogP contribution in [0, 0.1) is 0 Å². The van der Waals surface area contributed by atoms with Crippen LogP contribution in [0.25, 0.3) is 0 Å². The molecule has 1 aliphatic rings. The summed E-state index contributed by atoms with van der Waals surface area (Å²) >= 11 is 0. The molecule has 1 rings (SSSR count). The molecule has 0 aliphatic carbocycles. The van der Waals surface area contributed by atoms with Crippen molar-refractivity contribution in [2.45, 2.75) is 33.2 Å². The van der Waals surface area contributed by atoms with E-state index in [4.69, 9.17) is 0 Å². The summed E-state index contributed by atoms with van der Waals surface area (Å²) in [6.45, 7) is 7.61. The van der Waals surface area contributed by atoms with Crippen LogP contribution in [0.15, 0.2) is 11.8 Å². The summed E-state index contributed by atoms with van der Waals surface area (Å²) in [5.41, 5.74) is 4.69. The van der Waals surface area contributed by atoms with Crippen molar-refractivity contribution in [3.63, 3.8) is 0 Å². The molecule has 1 aliphatic heterocycles. The van der Waals surface area contributed by atoms with Gasteiger partial charge in [-0.15, -0.1) is 0 Å². The predicted octanol–water partition coefficient (Wildman–Crippen LogP) is 1.51. The lowest BCUT2D eigenvalue weighted by Gasteiger charge is -2.19. The van der Waals surface area contributed by atoms with Crippen molar-refractivity contribution in [2.24, 2.45) is 0 Å². The minimum Gasteiger partial charge on any atom is -0.323 e. The van der Waals surface area contributed by atoms with E-state index in [0.29, 0.717) is 6.04 Å². The molecule has 58 valence electrons. The third-order valence-electron chi connectivity index (χ3n) is 1.94. The maximum absolute atomic E-state index is 3.33. The first kappa shape index (κ1) is 7.61. The lowest BCUT2D eigenvalue weighted by atomic mass is 10.2. The minimum atomic E-state index is 0.569. The summed E-state index contributed by atoms with van der Waals surface area (Å²) in [7, 11) is 0. The number of nitrogens with zero attached hydrogens (tertiary/aromatic N) is 1. The first-order valence-corrected chi connectivity index (χ1v) is 4.02. The number of likely N-dealkylation sites (N-methyl/N-ethyl adjacent to an activating group) is 1. The second kappa shape index (κ2) is 3.06. The predicted molar refractivity (Wildman–Crippen MR) is 43.4 cm³/mol. The van der Waals surface area contributed by atoms with Crippen LogP contribution in [0.1, 0.15) is 27.2 Å². The Morgan fingerprint density at radius 2 is 2.30 bits per heavy atom. The molecule has 0 saturated carbocycles. The summed E-state index contributed by atoms with van der Waals surface area (Å²) < 4.78 is 0. The van der Waals surface area contributed by atoms with Crippen LogP contribution in [0.4, 0.5) is 0 Å². The fourth-order valence-electron chi connectivity index (χ4n) is 1.27. The molecule has 0 saturated heterocycles. The third-order valence-corrected chi connectivity index (χ3v) is 1.94. The molecule has 0 amide bonds. The zero-order valence-electron chi connectivity index (χ0n) is 7.02. The number of hydrazine groups is 1. The summed E-state index contributed by atoms with van der Waals surface area (Å²) in [4.78, 5) is 0. The highest BCUT2D eigenvalue weighted by molar-refractivity contribution is 5.08. The van der Waals surface area contributed by atoms with E-state index in [0.717, 1.165) is 13.0 Å². The molecule has 1 unspecified atom stereocenters. The van der Waals surface area contributed by atoms with E-state index in [1.165, 1.54) is 5.70 Å². The van der Waals surface area contributed by atoms with Gasteiger partial charge in [0.2, 0.25) is 0 Å². The van der Waals surface area contributed by atoms with E-state index in [1.54, 1.807) is 0 Å². The van der Waals surface area contributed by atoms with E-state index in [-0.39, 0.29) is 0 Å². The SMILES string of the molecule is CCC1=CC(C)N(CC)N1. The zero-order valence-corrected chi connectivity index (χ0v) is 7.02. The molecule has 0 aromatic carbocycles. The number of rotatable bonds is 2. The number of hydrogen-bond donors (Lipinski definition) is 1. The summed E-state index contributed by atoms with van der Waals surface area (Å²) in [6, 6.07) is 0.569. The van der Waals surface area contributed by atoms with Gasteiger partial charge in [0.1, 0.15) is 0 Å². The average Bonchev–Trinajstić information content (AvgIpc) is 2.30. The monoisotopic (exact) mass is 140 g/mol. The lowest BCUT2D eigenvalue weighted by Crippen LogP contribution is -2.36. The molecule has 0 bridgehead atoms. The van der Waals surface area contributed by atoms with Gasteiger partial charge < -0.3 is 5.43 Å². The molecule has 0 fully saturated rings. The normalized spacial score (nSPS) is 26.3. The van der Waals surface area contributed by atoms with Crippen molar-refractivity contribution in [1.29, 1.82) is 0 Å². The highest BCUT2D eigenvalue weighted by Gasteiger charge is 2.16. The molecular weight excluding hydrogens is 124 g/mol. The Labute approximate surface area is 62.9 Å². The standard InChI is InChI=1S/C8H16N2/c1-4-8-6-7(3)10(5-2)9-8/h6-7,9H,4-5H2,1-3H3. The van der Waals surface area contributed by atoms with Crippen molar-refractivity contribution < 1.29 is 0 Å². The Hall–Kier alpha value is -0.500. The van der Waals surface area contributed by atoms with Crippen LogP contribution in [0.3, 0.4) is 0 Å². The van der Waals surface area contributed by atoms with Crippen LogP contribution in [0.5, 0.6) is 0 Å². The summed E-state index contributed by atoms with van der Waals surface area (Å²) in [6.07, 6.45) is 3.39. The van der Waals surface area contributed by atoms with Gasteiger partial charge in [0.25, 0.3) is 0 Å². The van der Waals surface area contributed by atoms with Crippen LogP contribution in [0.2, 0.25) is 0 Å². The van der Waals surface area contributed by atoms with Gasteiger partial charge in [-0.1, -0.05) is 13.8 Å². The van der Waals surface area contributed by atoms with Crippen LogP contribution >= 0.6 is 0 Å². The van der Waals surface area contributed by atoms with Crippen molar-refractivity contribution in [2.75, 3.05) is 6.54 Å². The van der Waals surface area contributed by atoms with Gasteiger partial charge >= 0.3 is 0 Å². The van der Waals surface area contributed by atoms with Gasteiger partial charge in [0, 0.05) is 18.3 Å². The molecule has 2 nitrogen and oxygen atoms in total. The molecule has 10 heavy (non-hydrogen) atoms. The molecule has 0 aromatic heterocycles. The highest BCUT2D eigenvalue weighted by atomic mass is 15.5. The summed E-state index contributed by atoms with van der Waals surface area (Å²) in [5, 5.41) is 2.23. The van der Waals surface area contributed by atoms with E-state index in [9.17, 15) is 0 Å². The van der Waals surface area contributed by atoms with Gasteiger partial charge in [-0.2, -0.15) is 0 Å². The average molecular weight is 140 g/mol. The van der Waals surface area contributed by atoms with Crippen LogP contribution in [-0.2, 0) is 0 Å². The fourth-order valence-corrected chi connectivity index (χ4v) is 1.27. The van der Waals surface area contributed by atoms with E-state index < -0.39 is 0 Å². The molecule has 0 aromatic rings. The maximum Gasteiger partial charge on any atom is 0.0462 e. The highest BCUT2D eigenvalue weighted by Crippen LogP contribution is 2.11. The molecule has 0 spiro atoms. The first-order chi connectivity index (χ1) is 4.77. The van der Waals surface area contributed by atoms with Gasteiger partial charge in [0.15, 0.2) is 0 Å². The van der Waals surface area contributed by atoms with E-state index >= 15 is 0 Å². The van der Waals surface area contributed by atoms with Crippen molar-refractivity contribution >= 4 is 0 Å². The Bertz CT molecular complexity index is 140. The zero-order chi connectivity index (χ0) is 7.56. The maximum atomic E-state index is 3.33. The van der Waals surface area contributed by atoms with Crippen molar-refractivity contribution in [1.82, 2.24) is 10.4 Å². The van der Waals surface area contributed by atoms with Gasteiger partial charge in [0.05, 0.1) is 0 Å². The van der Waals surface area contributed by atoms with Gasteiger partial charge in [-0.25, -0.2) is 5.01 Å². The Morgan fingerprint density at radius 3 is 2.60 bits per heavy atom. The molecule has 0 radical (unpaired) electrons. The topological polar surface area (TPSA) is 15.3 Å². The molecule has 1 atom stereocenters. The number of nitrogens with one attached hydrogen (secondary N) is 1. The summed E-state index contributed by atoms with van der Waals surface area (Å²) in [5.74, 6) is 0. The second-order valence-electron chi connectivity index (χ2n) is 2.68. The smallest absolute Gasteiger partial charge is 0.0462 e. The number of allylic oxidation sites excluding steroid dienone is 1. The number of hydrogen-bond acceptors (Lipinski definition) is 2. The molecular formula is C8H16N2. The van der Waals surface area contributed by atoms with Crippen molar-refractivity contribution in [3.05, 3.63) is 11.8 Å². The molecule has 2 heteroatoms. The van der Waals surface area contributed by atoms with E-state index in [1.807, 2.05) is 0 Å². The first-order valence-electron chi connectivity index (χ1n) is 4.02. The van der Waals surface area contributed by atoms with Crippen LogP contribution < -0.4 is 5.43 Å². The Balaban J connectivity index is 2.49. The molecule has 1 N–H and O–H groups in total. The lowest BCUT2D eigenvalue weighted by molar-refractivity contribution is 0.216. The molecule has 1 heterocycles. The largest absolute Gasteiger partial charge is 0.323 e. The van der Waals surface area contributed by atoms with Crippen molar-refractivity contribution in [3.8, 4) is 0 Å². The quantitative estimate of drug-likeness (QED) is 0.625. The Morgan fingerprint density at radius 1 is 1.60 bits per heavy atom. The second-order valence-corrected chi connectivity index (χ2v) is 2.68.